The Balaban J connectivity index is 2.35. The predicted molar refractivity (Wildman–Crippen MR) is 78.7 cm³/mol. The fraction of sp³-hybridized carbons (Fsp3) is 0.286. The van der Waals surface area contributed by atoms with Crippen molar-refractivity contribution in [2.24, 2.45) is 0 Å². The van der Waals surface area contributed by atoms with Gasteiger partial charge in [-0.05, 0) is 6.07 Å². The van der Waals surface area contributed by atoms with Crippen molar-refractivity contribution in [3.05, 3.63) is 46.2 Å². The van der Waals surface area contributed by atoms with Crippen LogP contribution in [-0.2, 0) is 4.79 Å². The van der Waals surface area contributed by atoms with Crippen LogP contribution in [0.5, 0.6) is 0 Å². The van der Waals surface area contributed by atoms with Crippen LogP contribution in [0, 0.1) is 0 Å². The highest BCUT2D eigenvalue weighted by molar-refractivity contribution is 8.13. The van der Waals surface area contributed by atoms with Crippen LogP contribution in [0.2, 0.25) is 0 Å². The summed E-state index contributed by atoms with van der Waals surface area (Å²) in [7, 11) is 0. The summed E-state index contributed by atoms with van der Waals surface area (Å²) in [6.45, 7) is 1.40. The average Bonchev–Trinajstić information content (AvgIpc) is 2.44. The minimum Gasteiger partial charge on any atom is -0.389 e. The Morgan fingerprint density at radius 2 is 2.10 bits per heavy atom. The van der Waals surface area contributed by atoms with Crippen LogP contribution >= 0.6 is 11.8 Å². The number of aromatic amines is 1. The largest absolute Gasteiger partial charge is 0.389 e. The summed E-state index contributed by atoms with van der Waals surface area (Å²) in [6.07, 6.45) is -0.751. The molecule has 0 saturated heterocycles. The molecule has 0 amide bonds. The van der Waals surface area contributed by atoms with Crippen molar-refractivity contribution in [1.82, 2.24) is 4.98 Å². The van der Waals surface area contributed by atoms with Gasteiger partial charge in [0.2, 0.25) is 0 Å². The summed E-state index contributed by atoms with van der Waals surface area (Å²) < 4.78 is 0. The molecule has 5 nitrogen and oxygen atoms in total. The maximum atomic E-state index is 11.7. The van der Waals surface area contributed by atoms with Crippen LogP contribution in [0.4, 0.5) is 0 Å². The summed E-state index contributed by atoms with van der Waals surface area (Å²) in [4.78, 5) is 25.5. The molecule has 1 heterocycles. The van der Waals surface area contributed by atoms with Crippen LogP contribution in [-0.4, -0.2) is 32.2 Å². The normalized spacial score (nSPS) is 14.2. The molecule has 3 N–H and O–H groups in total. The Morgan fingerprint density at radius 3 is 2.80 bits per heavy atom. The monoisotopic (exact) mass is 293 g/mol. The van der Waals surface area contributed by atoms with Crippen molar-refractivity contribution >= 4 is 27.8 Å². The zero-order valence-corrected chi connectivity index (χ0v) is 11.7. The van der Waals surface area contributed by atoms with E-state index in [1.165, 1.54) is 19.2 Å². The van der Waals surface area contributed by atoms with Gasteiger partial charge in [0.15, 0.2) is 10.5 Å². The summed E-state index contributed by atoms with van der Waals surface area (Å²) in [5, 5.41) is 20.5. The molecule has 0 spiro atoms. The number of H-pyrrole nitrogens is 1. The first-order valence-corrected chi connectivity index (χ1v) is 7.09. The minimum atomic E-state index is -1.16. The van der Waals surface area contributed by atoms with Gasteiger partial charge in [-0.1, -0.05) is 23.9 Å². The molecule has 2 rings (SSSR count). The first-order chi connectivity index (χ1) is 9.50. The van der Waals surface area contributed by atoms with Gasteiger partial charge in [-0.25, -0.2) is 0 Å². The highest BCUT2D eigenvalue weighted by Gasteiger charge is 2.21. The van der Waals surface area contributed by atoms with Crippen molar-refractivity contribution in [1.29, 1.82) is 0 Å². The Labute approximate surface area is 119 Å². The van der Waals surface area contributed by atoms with E-state index in [1.807, 2.05) is 0 Å². The number of pyridine rings is 1. The molecule has 0 radical (unpaired) electrons. The van der Waals surface area contributed by atoms with E-state index in [9.17, 15) is 19.8 Å². The standard InChI is InChI=1S/C14H15NO4S/c1-8(16)20-7-12(18)14(19)10-4-2-3-9-11(17)5-6-15-13(9)10/h2-6,12,14,18-19H,7H2,1H3,(H,15,17). The fourth-order valence-corrected chi connectivity index (χ4v) is 2.56. The Kier molecular flexibility index (Phi) is 4.59. The maximum Gasteiger partial charge on any atom is 0.189 e. The molecule has 0 fully saturated rings. The van der Waals surface area contributed by atoms with Crippen molar-refractivity contribution < 1.29 is 15.0 Å². The van der Waals surface area contributed by atoms with Gasteiger partial charge in [0.1, 0.15) is 6.10 Å². The Morgan fingerprint density at radius 1 is 1.35 bits per heavy atom. The lowest BCUT2D eigenvalue weighted by Gasteiger charge is -2.18. The molecule has 2 unspecified atom stereocenters. The van der Waals surface area contributed by atoms with Gasteiger partial charge in [-0.3, -0.25) is 9.59 Å². The van der Waals surface area contributed by atoms with E-state index in [2.05, 4.69) is 4.98 Å². The van der Waals surface area contributed by atoms with E-state index >= 15 is 0 Å². The number of aromatic nitrogens is 1. The highest BCUT2D eigenvalue weighted by Crippen LogP contribution is 2.25. The third-order valence-electron chi connectivity index (χ3n) is 2.96. The number of aliphatic hydroxyl groups excluding tert-OH is 2. The molecule has 1 aromatic heterocycles. The topological polar surface area (TPSA) is 90.4 Å². The molecular weight excluding hydrogens is 278 g/mol. The number of rotatable bonds is 4. The molecule has 0 aliphatic carbocycles. The molecule has 106 valence electrons. The number of fused-ring (bicyclic) bond motifs is 1. The number of thioether (sulfide) groups is 1. The third kappa shape index (κ3) is 3.09. The number of benzene rings is 1. The van der Waals surface area contributed by atoms with E-state index in [1.54, 1.807) is 18.2 Å². The molecule has 0 saturated carbocycles. The number of hydrogen-bond acceptors (Lipinski definition) is 5. The van der Waals surface area contributed by atoms with Crippen molar-refractivity contribution in [2.45, 2.75) is 19.1 Å². The minimum absolute atomic E-state index is 0.101. The molecule has 0 aliphatic rings. The van der Waals surface area contributed by atoms with Crippen LogP contribution in [0.1, 0.15) is 18.6 Å². The van der Waals surface area contributed by atoms with Crippen LogP contribution < -0.4 is 5.43 Å². The number of hydrogen-bond donors (Lipinski definition) is 3. The average molecular weight is 293 g/mol. The molecule has 0 bridgehead atoms. The quantitative estimate of drug-likeness (QED) is 0.788. The number of carbonyl (C=O) groups excluding carboxylic acids is 1. The summed E-state index contributed by atoms with van der Waals surface area (Å²) in [5.41, 5.74) is 0.789. The van der Waals surface area contributed by atoms with Gasteiger partial charge in [0.05, 0.1) is 11.6 Å². The van der Waals surface area contributed by atoms with Gasteiger partial charge >= 0.3 is 0 Å². The van der Waals surface area contributed by atoms with Gasteiger partial charge < -0.3 is 15.2 Å². The second-order valence-electron chi connectivity index (χ2n) is 4.43. The fourth-order valence-electron chi connectivity index (χ4n) is 1.97. The van der Waals surface area contributed by atoms with E-state index in [4.69, 9.17) is 0 Å². The van der Waals surface area contributed by atoms with Gasteiger partial charge in [-0.15, -0.1) is 0 Å². The van der Waals surface area contributed by atoms with Gasteiger partial charge in [0, 0.05) is 35.9 Å². The van der Waals surface area contributed by atoms with Crippen LogP contribution in [0.25, 0.3) is 10.9 Å². The number of aliphatic hydroxyl groups is 2. The zero-order chi connectivity index (χ0) is 14.7. The number of para-hydroxylation sites is 1. The van der Waals surface area contributed by atoms with Gasteiger partial charge in [0.25, 0.3) is 0 Å². The van der Waals surface area contributed by atoms with Crippen LogP contribution in [0.15, 0.2) is 35.3 Å². The molecule has 2 aromatic rings. The van der Waals surface area contributed by atoms with Gasteiger partial charge in [-0.2, -0.15) is 0 Å². The third-order valence-corrected chi connectivity index (χ3v) is 3.88. The molecule has 0 aliphatic heterocycles. The van der Waals surface area contributed by atoms with Crippen LogP contribution in [0.3, 0.4) is 0 Å². The zero-order valence-electron chi connectivity index (χ0n) is 10.9. The van der Waals surface area contributed by atoms with E-state index in [0.29, 0.717) is 16.5 Å². The van der Waals surface area contributed by atoms with E-state index < -0.39 is 12.2 Å². The second-order valence-corrected chi connectivity index (χ2v) is 5.62. The molecule has 1 aromatic carbocycles. The summed E-state index contributed by atoms with van der Waals surface area (Å²) in [5.74, 6) is 0.101. The highest BCUT2D eigenvalue weighted by atomic mass is 32.2. The van der Waals surface area contributed by atoms with Crippen molar-refractivity contribution in [2.75, 3.05) is 5.75 Å². The molecule has 20 heavy (non-hydrogen) atoms. The Hall–Kier alpha value is -1.63. The predicted octanol–water partition coefficient (Wildman–Crippen LogP) is 1.20. The summed E-state index contributed by atoms with van der Waals surface area (Å²) in [6, 6.07) is 6.35. The SMILES string of the molecule is CC(=O)SCC(O)C(O)c1cccc2c(=O)cc[nH]c12. The lowest BCUT2D eigenvalue weighted by molar-refractivity contribution is -0.109. The smallest absolute Gasteiger partial charge is 0.189 e. The lowest BCUT2D eigenvalue weighted by Crippen LogP contribution is -2.22. The maximum absolute atomic E-state index is 11.7. The number of carbonyl (C=O) groups is 1. The Bertz CT molecular complexity index is 682. The van der Waals surface area contributed by atoms with E-state index in [-0.39, 0.29) is 16.3 Å². The van der Waals surface area contributed by atoms with Crippen molar-refractivity contribution in [3.63, 3.8) is 0 Å². The van der Waals surface area contributed by atoms with Crippen molar-refractivity contribution in [3.8, 4) is 0 Å². The first kappa shape index (κ1) is 14.8. The second kappa shape index (κ2) is 6.21. The number of nitrogens with one attached hydrogen (secondary N) is 1. The molecular formula is C14H15NO4S. The molecule has 2 atom stereocenters. The lowest BCUT2D eigenvalue weighted by atomic mass is 10.0. The molecule has 6 heteroatoms. The summed E-state index contributed by atoms with van der Waals surface area (Å²) >= 11 is 0.950. The first-order valence-electron chi connectivity index (χ1n) is 6.10. The van der Waals surface area contributed by atoms with E-state index in [0.717, 1.165) is 11.8 Å².